The first-order valence-corrected chi connectivity index (χ1v) is 5.72. The van der Waals surface area contributed by atoms with Crippen molar-refractivity contribution in [2.24, 2.45) is 5.73 Å². The van der Waals surface area contributed by atoms with E-state index in [-0.39, 0.29) is 6.10 Å². The van der Waals surface area contributed by atoms with Crippen molar-refractivity contribution in [3.63, 3.8) is 0 Å². The zero-order chi connectivity index (χ0) is 12.3. The van der Waals surface area contributed by atoms with Gasteiger partial charge < -0.3 is 15.4 Å². The lowest BCUT2D eigenvalue weighted by atomic mass is 10.2. The van der Waals surface area contributed by atoms with E-state index in [1.54, 1.807) is 0 Å². The zero-order valence-corrected chi connectivity index (χ0v) is 9.53. The molecule has 94 valence electrons. The lowest BCUT2D eigenvalue weighted by Crippen LogP contribution is -2.43. The van der Waals surface area contributed by atoms with Crippen molar-refractivity contribution in [2.45, 2.75) is 12.5 Å². The van der Waals surface area contributed by atoms with E-state index < -0.39 is 11.6 Å². The van der Waals surface area contributed by atoms with Crippen LogP contribution in [0.5, 0.6) is 0 Å². The Balaban J connectivity index is 2.10. The molecule has 1 aromatic rings. The fourth-order valence-electron chi connectivity index (χ4n) is 2.04. The van der Waals surface area contributed by atoms with Crippen molar-refractivity contribution in [1.82, 2.24) is 0 Å². The van der Waals surface area contributed by atoms with Gasteiger partial charge in [0, 0.05) is 19.2 Å². The number of anilines is 1. The second-order valence-corrected chi connectivity index (χ2v) is 4.11. The highest BCUT2D eigenvalue weighted by Gasteiger charge is 2.22. The summed E-state index contributed by atoms with van der Waals surface area (Å²) in [5.41, 5.74) is 5.90. The van der Waals surface area contributed by atoms with Crippen LogP contribution < -0.4 is 10.6 Å². The van der Waals surface area contributed by atoms with Crippen LogP contribution in [0.4, 0.5) is 14.5 Å². The van der Waals surface area contributed by atoms with Gasteiger partial charge in [-0.2, -0.15) is 0 Å². The lowest BCUT2D eigenvalue weighted by Gasteiger charge is -2.34. The maximum absolute atomic E-state index is 13.6. The summed E-state index contributed by atoms with van der Waals surface area (Å²) in [6.07, 6.45) is 0.775. The molecular formula is C12H16F2N2O. The fourth-order valence-corrected chi connectivity index (χ4v) is 2.04. The van der Waals surface area contributed by atoms with Gasteiger partial charge in [-0.25, -0.2) is 8.78 Å². The predicted octanol–water partition coefficient (Wildman–Crippen LogP) is 1.52. The second-order valence-electron chi connectivity index (χ2n) is 4.11. The molecule has 0 saturated carbocycles. The molecule has 1 atom stereocenters. The van der Waals surface area contributed by atoms with Crippen LogP contribution in [0.15, 0.2) is 18.2 Å². The van der Waals surface area contributed by atoms with Gasteiger partial charge in [-0.1, -0.05) is 0 Å². The van der Waals surface area contributed by atoms with Crippen molar-refractivity contribution >= 4 is 5.69 Å². The molecule has 0 radical (unpaired) electrons. The molecule has 0 bridgehead atoms. The molecule has 1 unspecified atom stereocenters. The van der Waals surface area contributed by atoms with E-state index in [9.17, 15) is 8.78 Å². The van der Waals surface area contributed by atoms with Crippen molar-refractivity contribution in [3.8, 4) is 0 Å². The van der Waals surface area contributed by atoms with Gasteiger partial charge in [0.1, 0.15) is 11.6 Å². The van der Waals surface area contributed by atoms with Gasteiger partial charge in [0.25, 0.3) is 0 Å². The Morgan fingerprint density at radius 3 is 2.94 bits per heavy atom. The van der Waals surface area contributed by atoms with Gasteiger partial charge in [0.2, 0.25) is 0 Å². The molecule has 1 heterocycles. The maximum atomic E-state index is 13.6. The zero-order valence-electron chi connectivity index (χ0n) is 9.53. The molecule has 3 nitrogen and oxygen atoms in total. The van der Waals surface area contributed by atoms with Crippen molar-refractivity contribution in [1.29, 1.82) is 0 Å². The van der Waals surface area contributed by atoms with Crippen molar-refractivity contribution < 1.29 is 13.5 Å². The van der Waals surface area contributed by atoms with E-state index in [1.165, 1.54) is 12.1 Å². The Bertz CT molecular complexity index is 385. The molecule has 0 aromatic heterocycles. The van der Waals surface area contributed by atoms with Gasteiger partial charge >= 0.3 is 0 Å². The van der Waals surface area contributed by atoms with E-state index in [0.29, 0.717) is 31.9 Å². The van der Waals surface area contributed by atoms with Gasteiger partial charge in [0.15, 0.2) is 0 Å². The Labute approximate surface area is 99.2 Å². The highest BCUT2D eigenvalue weighted by molar-refractivity contribution is 5.48. The quantitative estimate of drug-likeness (QED) is 0.873. The molecule has 1 saturated heterocycles. The highest BCUT2D eigenvalue weighted by Crippen LogP contribution is 2.22. The summed E-state index contributed by atoms with van der Waals surface area (Å²) < 4.78 is 31.9. The van der Waals surface area contributed by atoms with Gasteiger partial charge in [-0.3, -0.25) is 0 Å². The summed E-state index contributed by atoms with van der Waals surface area (Å²) in [4.78, 5) is 1.87. The van der Waals surface area contributed by atoms with E-state index in [4.69, 9.17) is 10.5 Å². The van der Waals surface area contributed by atoms with Gasteiger partial charge in [-0.05, 0) is 25.1 Å². The van der Waals surface area contributed by atoms with Crippen LogP contribution in [0.2, 0.25) is 0 Å². The Morgan fingerprint density at radius 2 is 2.24 bits per heavy atom. The Kier molecular flexibility index (Phi) is 3.91. The van der Waals surface area contributed by atoms with Gasteiger partial charge in [0.05, 0.1) is 18.4 Å². The first-order valence-electron chi connectivity index (χ1n) is 5.72. The maximum Gasteiger partial charge on any atom is 0.149 e. The largest absolute Gasteiger partial charge is 0.374 e. The predicted molar refractivity (Wildman–Crippen MR) is 62.0 cm³/mol. The third-order valence-electron chi connectivity index (χ3n) is 2.88. The molecule has 1 fully saturated rings. The van der Waals surface area contributed by atoms with E-state index in [0.717, 1.165) is 12.5 Å². The summed E-state index contributed by atoms with van der Waals surface area (Å²) >= 11 is 0. The Morgan fingerprint density at radius 1 is 1.41 bits per heavy atom. The van der Waals surface area contributed by atoms with Crippen LogP contribution in [0.1, 0.15) is 6.42 Å². The molecule has 1 aromatic carbocycles. The number of nitrogens with zero attached hydrogens (tertiary/aromatic N) is 1. The number of hydrogen-bond donors (Lipinski definition) is 1. The number of morpholine rings is 1. The molecule has 1 aliphatic heterocycles. The molecule has 0 aliphatic carbocycles. The van der Waals surface area contributed by atoms with Crippen LogP contribution >= 0.6 is 0 Å². The molecule has 1 aliphatic rings. The average molecular weight is 242 g/mol. The van der Waals surface area contributed by atoms with E-state index >= 15 is 0 Å². The van der Waals surface area contributed by atoms with Crippen LogP contribution in [-0.4, -0.2) is 32.3 Å². The minimum absolute atomic E-state index is 0.0261. The van der Waals surface area contributed by atoms with Gasteiger partial charge in [-0.15, -0.1) is 0 Å². The molecule has 2 N–H and O–H groups in total. The minimum atomic E-state index is -0.557. The summed E-state index contributed by atoms with van der Waals surface area (Å²) in [7, 11) is 0. The number of benzene rings is 1. The van der Waals surface area contributed by atoms with Crippen LogP contribution in [-0.2, 0) is 4.74 Å². The molecule has 0 spiro atoms. The minimum Gasteiger partial charge on any atom is -0.374 e. The van der Waals surface area contributed by atoms with Crippen LogP contribution in [0.25, 0.3) is 0 Å². The fraction of sp³-hybridized carbons (Fsp3) is 0.500. The molecule has 2 rings (SSSR count). The number of ether oxygens (including phenoxy) is 1. The normalized spacial score (nSPS) is 20.6. The van der Waals surface area contributed by atoms with Crippen LogP contribution in [0, 0.1) is 11.6 Å². The standard InChI is InChI=1S/C12H16F2N2O/c13-9-1-2-12(11(14)7-9)16-5-6-17-10(8-16)3-4-15/h1-2,7,10H,3-6,8,15H2. The first-order chi connectivity index (χ1) is 8.20. The highest BCUT2D eigenvalue weighted by atomic mass is 19.1. The third kappa shape index (κ3) is 2.92. The molecule has 17 heavy (non-hydrogen) atoms. The SMILES string of the molecule is NCCC1CN(c2ccc(F)cc2F)CCO1. The molecular weight excluding hydrogens is 226 g/mol. The first kappa shape index (κ1) is 12.3. The number of rotatable bonds is 3. The Hall–Kier alpha value is -1.20. The van der Waals surface area contributed by atoms with Crippen LogP contribution in [0.3, 0.4) is 0 Å². The smallest absolute Gasteiger partial charge is 0.149 e. The molecule has 5 heteroatoms. The number of hydrogen-bond acceptors (Lipinski definition) is 3. The van der Waals surface area contributed by atoms with Crippen molar-refractivity contribution in [2.75, 3.05) is 31.1 Å². The lowest BCUT2D eigenvalue weighted by molar-refractivity contribution is 0.0366. The topological polar surface area (TPSA) is 38.5 Å². The third-order valence-corrected chi connectivity index (χ3v) is 2.88. The second kappa shape index (κ2) is 5.42. The average Bonchev–Trinajstić information content (AvgIpc) is 2.29. The summed E-state index contributed by atoms with van der Waals surface area (Å²) in [5, 5.41) is 0. The molecule has 0 amide bonds. The summed E-state index contributed by atoms with van der Waals surface area (Å²) in [6.45, 7) is 2.30. The van der Waals surface area contributed by atoms with Crippen molar-refractivity contribution in [3.05, 3.63) is 29.8 Å². The summed E-state index contributed by atoms with van der Waals surface area (Å²) in [6, 6.07) is 3.64. The number of halogens is 2. The monoisotopic (exact) mass is 242 g/mol. The summed E-state index contributed by atoms with van der Waals surface area (Å²) in [5.74, 6) is -1.09. The number of nitrogens with two attached hydrogens (primary N) is 1. The van der Waals surface area contributed by atoms with E-state index in [2.05, 4.69) is 0 Å². The van der Waals surface area contributed by atoms with E-state index in [1.807, 2.05) is 4.90 Å².